The zero-order valence-electron chi connectivity index (χ0n) is 6.99. The third kappa shape index (κ3) is 2.75. The number of hydrogen-bond donors (Lipinski definition) is 1. The molecule has 1 heterocycles. The van der Waals surface area contributed by atoms with Gasteiger partial charge in [0.2, 0.25) is 0 Å². The maximum Gasteiger partial charge on any atom is 0.0608 e. The summed E-state index contributed by atoms with van der Waals surface area (Å²) in [6.07, 6.45) is 0. The van der Waals surface area contributed by atoms with Crippen LogP contribution in [0.3, 0.4) is 0 Å². The van der Waals surface area contributed by atoms with Gasteiger partial charge in [0.15, 0.2) is 0 Å². The minimum Gasteiger partial charge on any atom is -0.395 e. The van der Waals surface area contributed by atoms with E-state index < -0.39 is 0 Å². The predicted molar refractivity (Wildman–Crippen MR) is 42.1 cm³/mol. The largest absolute Gasteiger partial charge is 0.395 e. The van der Waals surface area contributed by atoms with E-state index in [4.69, 9.17) is 9.84 Å². The van der Waals surface area contributed by atoms with Crippen molar-refractivity contribution in [2.75, 3.05) is 46.5 Å². The molecule has 1 aliphatic rings. The molecule has 0 atom stereocenters. The Morgan fingerprint density at radius 3 is 2.64 bits per heavy atom. The van der Waals surface area contributed by atoms with Crippen LogP contribution in [0.15, 0.2) is 0 Å². The Kier molecular flexibility index (Phi) is 3.79. The van der Waals surface area contributed by atoms with Gasteiger partial charge in [-0.05, 0) is 0 Å². The Morgan fingerprint density at radius 1 is 1.45 bits per heavy atom. The molecule has 1 fully saturated rings. The summed E-state index contributed by atoms with van der Waals surface area (Å²) in [5.41, 5.74) is 0. The van der Waals surface area contributed by atoms with Crippen molar-refractivity contribution in [2.24, 2.45) is 0 Å². The molecule has 0 aromatic heterocycles. The van der Waals surface area contributed by atoms with Crippen LogP contribution in [-0.2, 0) is 4.74 Å². The van der Waals surface area contributed by atoms with Gasteiger partial charge in [0, 0.05) is 26.7 Å². The molecule has 0 amide bonds. The highest BCUT2D eigenvalue weighted by Crippen LogP contribution is 1.99. The zero-order valence-corrected chi connectivity index (χ0v) is 6.99. The first-order valence-electron chi connectivity index (χ1n) is 3.99. The summed E-state index contributed by atoms with van der Waals surface area (Å²) in [4.78, 5) is 0. The fraction of sp³-hybridized carbons (Fsp3) is 1.00. The lowest BCUT2D eigenvalue weighted by atomic mass is 10.5. The lowest BCUT2D eigenvalue weighted by Gasteiger charge is -2.34. The van der Waals surface area contributed by atoms with Gasteiger partial charge in [0.25, 0.3) is 0 Å². The molecule has 66 valence electrons. The van der Waals surface area contributed by atoms with Gasteiger partial charge in [-0.15, -0.1) is 0 Å². The Balaban J connectivity index is 2.21. The SMILES string of the molecule is CN(CCO)N1CCOCC1. The van der Waals surface area contributed by atoms with E-state index in [0.717, 1.165) is 26.3 Å². The molecule has 1 saturated heterocycles. The second kappa shape index (κ2) is 4.66. The van der Waals surface area contributed by atoms with Gasteiger partial charge in [-0.1, -0.05) is 0 Å². The molecule has 4 nitrogen and oxygen atoms in total. The monoisotopic (exact) mass is 160 g/mol. The molecule has 1 rings (SSSR count). The van der Waals surface area contributed by atoms with Gasteiger partial charge >= 0.3 is 0 Å². The molecule has 1 aliphatic heterocycles. The van der Waals surface area contributed by atoms with E-state index in [1.54, 1.807) is 0 Å². The lowest BCUT2D eigenvalue weighted by Crippen LogP contribution is -2.47. The van der Waals surface area contributed by atoms with Crippen molar-refractivity contribution in [2.45, 2.75) is 0 Å². The predicted octanol–water partition coefficient (Wildman–Crippen LogP) is -0.842. The zero-order chi connectivity index (χ0) is 8.10. The van der Waals surface area contributed by atoms with E-state index in [1.165, 1.54) is 0 Å². The summed E-state index contributed by atoms with van der Waals surface area (Å²) >= 11 is 0. The van der Waals surface area contributed by atoms with Gasteiger partial charge < -0.3 is 9.84 Å². The van der Waals surface area contributed by atoms with E-state index >= 15 is 0 Å². The van der Waals surface area contributed by atoms with E-state index in [0.29, 0.717) is 6.54 Å². The summed E-state index contributed by atoms with van der Waals surface area (Å²) in [6, 6.07) is 0. The normalized spacial score (nSPS) is 21.0. The van der Waals surface area contributed by atoms with Gasteiger partial charge in [0.05, 0.1) is 19.8 Å². The summed E-state index contributed by atoms with van der Waals surface area (Å²) in [6.45, 7) is 4.41. The Morgan fingerprint density at radius 2 is 2.09 bits per heavy atom. The smallest absolute Gasteiger partial charge is 0.0608 e. The number of morpholine rings is 1. The Bertz CT molecular complexity index is 105. The number of likely N-dealkylation sites (N-methyl/N-ethyl adjacent to an activating group) is 1. The highest BCUT2D eigenvalue weighted by atomic mass is 16.5. The van der Waals surface area contributed by atoms with Crippen molar-refractivity contribution in [3.63, 3.8) is 0 Å². The van der Waals surface area contributed by atoms with Crippen LogP contribution in [0.5, 0.6) is 0 Å². The number of aliphatic hydroxyl groups excluding tert-OH is 1. The minimum atomic E-state index is 0.216. The topological polar surface area (TPSA) is 35.9 Å². The molecule has 0 saturated carbocycles. The fourth-order valence-electron chi connectivity index (χ4n) is 1.18. The third-order valence-corrected chi connectivity index (χ3v) is 1.89. The van der Waals surface area contributed by atoms with Crippen molar-refractivity contribution in [3.8, 4) is 0 Å². The summed E-state index contributed by atoms with van der Waals surface area (Å²) in [5, 5.41) is 12.9. The van der Waals surface area contributed by atoms with Gasteiger partial charge in [0.1, 0.15) is 0 Å². The van der Waals surface area contributed by atoms with Crippen molar-refractivity contribution in [3.05, 3.63) is 0 Å². The number of ether oxygens (including phenoxy) is 1. The standard InChI is InChI=1S/C7H16N2O2/c1-8(2-5-10)9-3-6-11-7-4-9/h10H,2-7H2,1H3. The summed E-state index contributed by atoms with van der Waals surface area (Å²) < 4.78 is 5.20. The number of nitrogens with zero attached hydrogens (tertiary/aromatic N) is 2. The molecule has 0 spiro atoms. The second-order valence-corrected chi connectivity index (χ2v) is 2.67. The average molecular weight is 160 g/mol. The van der Waals surface area contributed by atoms with Crippen LogP contribution in [0.1, 0.15) is 0 Å². The number of hydrazine groups is 1. The molecule has 0 radical (unpaired) electrons. The van der Waals surface area contributed by atoms with Gasteiger partial charge in [-0.25, -0.2) is 10.0 Å². The number of rotatable bonds is 3. The first-order chi connectivity index (χ1) is 5.34. The summed E-state index contributed by atoms with van der Waals surface area (Å²) in [7, 11) is 1.99. The average Bonchev–Trinajstić information content (AvgIpc) is 2.07. The maximum atomic E-state index is 8.67. The van der Waals surface area contributed by atoms with Crippen LogP contribution in [0, 0.1) is 0 Å². The minimum absolute atomic E-state index is 0.216. The molecular weight excluding hydrogens is 144 g/mol. The maximum absolute atomic E-state index is 8.67. The molecule has 11 heavy (non-hydrogen) atoms. The molecule has 4 heteroatoms. The highest BCUT2D eigenvalue weighted by Gasteiger charge is 2.13. The van der Waals surface area contributed by atoms with Crippen LogP contribution in [-0.4, -0.2) is 61.6 Å². The molecule has 1 N–H and O–H groups in total. The highest BCUT2D eigenvalue weighted by molar-refractivity contribution is 4.58. The molecule has 0 aromatic rings. The van der Waals surface area contributed by atoms with Gasteiger partial charge in [-0.2, -0.15) is 0 Å². The van der Waals surface area contributed by atoms with Crippen molar-refractivity contribution in [1.82, 2.24) is 10.0 Å². The van der Waals surface area contributed by atoms with E-state index in [-0.39, 0.29) is 6.61 Å². The number of hydrogen-bond acceptors (Lipinski definition) is 4. The van der Waals surface area contributed by atoms with E-state index in [9.17, 15) is 0 Å². The molecular formula is C7H16N2O2. The van der Waals surface area contributed by atoms with Crippen LogP contribution >= 0.6 is 0 Å². The second-order valence-electron chi connectivity index (χ2n) is 2.67. The van der Waals surface area contributed by atoms with Crippen molar-refractivity contribution < 1.29 is 9.84 Å². The first kappa shape index (κ1) is 8.93. The van der Waals surface area contributed by atoms with Crippen molar-refractivity contribution >= 4 is 0 Å². The van der Waals surface area contributed by atoms with Crippen molar-refractivity contribution in [1.29, 1.82) is 0 Å². The molecule has 0 unspecified atom stereocenters. The van der Waals surface area contributed by atoms with E-state index in [2.05, 4.69) is 5.01 Å². The molecule has 0 bridgehead atoms. The molecule has 0 aliphatic carbocycles. The quantitative estimate of drug-likeness (QED) is 0.584. The first-order valence-corrected chi connectivity index (χ1v) is 3.99. The van der Waals surface area contributed by atoms with Crippen LogP contribution in [0.2, 0.25) is 0 Å². The number of aliphatic hydroxyl groups is 1. The third-order valence-electron chi connectivity index (χ3n) is 1.89. The fourth-order valence-corrected chi connectivity index (χ4v) is 1.18. The van der Waals surface area contributed by atoms with Crippen LogP contribution in [0.25, 0.3) is 0 Å². The van der Waals surface area contributed by atoms with Gasteiger partial charge in [-0.3, -0.25) is 0 Å². The lowest BCUT2D eigenvalue weighted by molar-refractivity contribution is -0.0801. The Labute approximate surface area is 67.3 Å². The molecule has 0 aromatic carbocycles. The summed E-state index contributed by atoms with van der Waals surface area (Å²) in [5.74, 6) is 0. The van der Waals surface area contributed by atoms with Crippen LogP contribution in [0.4, 0.5) is 0 Å². The van der Waals surface area contributed by atoms with E-state index in [1.807, 2.05) is 12.1 Å². The van der Waals surface area contributed by atoms with Crippen LogP contribution < -0.4 is 0 Å². The Hall–Kier alpha value is -0.160.